The zero-order valence-corrected chi connectivity index (χ0v) is 46.2. The van der Waals surface area contributed by atoms with Crippen LogP contribution in [-0.4, -0.2) is 104 Å². The van der Waals surface area contributed by atoms with Gasteiger partial charge in [-0.25, -0.2) is 9.78 Å². The smallest absolute Gasteiger partial charge is 0.414 e. The van der Waals surface area contributed by atoms with Gasteiger partial charge in [0.1, 0.15) is 34.3 Å². The summed E-state index contributed by atoms with van der Waals surface area (Å²) < 4.78 is 74.4. The predicted molar refractivity (Wildman–Crippen MR) is 307 cm³/mol. The molecule has 7 aromatic carbocycles. The Morgan fingerprint density at radius 1 is 0.723 bits per heavy atom. The number of fused-ring (bicyclic) bond motifs is 2. The van der Waals surface area contributed by atoms with Crippen LogP contribution in [0.25, 0.3) is 21.9 Å². The Bertz CT molecular complexity index is 3840. The standard InChI is InChI=1S/C60H56N8O14S/c1-65(2)50-14-8-13-49-48(50)12-9-15-53(49)83(74,75)80-37-52-51(82-60(41-10-6-5-7-11-41,42-20-28-46(76-3)29-21-42)43-22-30-47(77-4)31-23-43)36-54(81-52)66-38-61-55-56(66)62-58(63-57(55)78-34-32-39-16-24-44(25-17-39)67(70)71)64-59(69)79-35-33-40-18-26-45(27-19-40)68(72)73/h5-31,38,51-52,54H,32-37H2,1-4H3,(H,62,63,64,69)/t51-,52+,54+/m0/s1. The molecule has 3 atom stereocenters. The van der Waals surface area contributed by atoms with Gasteiger partial charge >= 0.3 is 6.09 Å². The number of aromatic nitrogens is 4. The molecular weight excluding hydrogens is 1090 g/mol. The number of carbonyl (C=O) groups excluding carboxylic acids is 1. The Morgan fingerprint density at radius 3 is 1.89 bits per heavy atom. The topological polar surface area (TPSA) is 261 Å². The highest BCUT2D eigenvalue weighted by atomic mass is 32.2. The van der Waals surface area contributed by atoms with Crippen LogP contribution < -0.4 is 24.4 Å². The molecule has 0 aliphatic carbocycles. The van der Waals surface area contributed by atoms with Crippen LogP contribution in [0.2, 0.25) is 0 Å². The van der Waals surface area contributed by atoms with Gasteiger partial charge < -0.3 is 33.3 Å². The van der Waals surface area contributed by atoms with Crippen LogP contribution in [0, 0.1) is 20.2 Å². The molecule has 0 bridgehead atoms. The summed E-state index contributed by atoms with van der Waals surface area (Å²) in [7, 11) is 2.41. The van der Waals surface area contributed by atoms with Crippen molar-refractivity contribution in [2.75, 3.05) is 58.4 Å². The van der Waals surface area contributed by atoms with E-state index in [1.807, 2.05) is 110 Å². The van der Waals surface area contributed by atoms with Gasteiger partial charge in [0.25, 0.3) is 21.5 Å². The van der Waals surface area contributed by atoms with Gasteiger partial charge in [-0.2, -0.15) is 18.4 Å². The number of nitro benzene ring substituents is 2. The molecule has 1 saturated heterocycles. The molecule has 0 unspecified atom stereocenters. The van der Waals surface area contributed by atoms with E-state index < -0.39 is 56.7 Å². The first-order chi connectivity index (χ1) is 40.1. The molecule has 1 fully saturated rings. The number of amides is 1. The summed E-state index contributed by atoms with van der Waals surface area (Å²) in [5.74, 6) is 0.926. The fraction of sp³-hybridized carbons (Fsp3) is 0.233. The van der Waals surface area contributed by atoms with Gasteiger partial charge in [0.05, 0.1) is 56.3 Å². The Balaban J connectivity index is 1.03. The molecule has 0 radical (unpaired) electrons. The van der Waals surface area contributed by atoms with E-state index in [0.29, 0.717) is 45.4 Å². The number of non-ortho nitro benzene ring substituents is 2. The van der Waals surface area contributed by atoms with E-state index in [0.717, 1.165) is 16.8 Å². The van der Waals surface area contributed by atoms with Gasteiger partial charge in [0, 0.05) is 74.1 Å². The zero-order chi connectivity index (χ0) is 58.3. The number of hydrogen-bond acceptors (Lipinski definition) is 18. The minimum atomic E-state index is -4.49. The average Bonchev–Trinajstić information content (AvgIpc) is 3.33. The first-order valence-corrected chi connectivity index (χ1v) is 27.6. The fourth-order valence-corrected chi connectivity index (χ4v) is 11.1. The Labute approximate surface area is 476 Å². The lowest BCUT2D eigenvalue weighted by atomic mass is 9.79. The van der Waals surface area contributed by atoms with Crippen molar-refractivity contribution in [1.29, 1.82) is 0 Å². The number of nitrogens with one attached hydrogen (secondary N) is 1. The number of benzene rings is 7. The maximum atomic E-state index is 14.6. The second kappa shape index (κ2) is 24.7. The quantitative estimate of drug-likeness (QED) is 0.0270. The van der Waals surface area contributed by atoms with Gasteiger partial charge in [0.2, 0.25) is 11.8 Å². The predicted octanol–water partition coefficient (Wildman–Crippen LogP) is 10.4. The Kier molecular flexibility index (Phi) is 16.9. The van der Waals surface area contributed by atoms with E-state index in [1.165, 1.54) is 36.7 Å². The maximum absolute atomic E-state index is 14.6. The lowest BCUT2D eigenvalue weighted by molar-refractivity contribution is -0.385. The second-order valence-corrected chi connectivity index (χ2v) is 21.0. The summed E-state index contributed by atoms with van der Waals surface area (Å²) in [6.45, 7) is -0.598. The number of imidazole rings is 1. The SMILES string of the molecule is COc1ccc(C(O[C@H]2C[C@H](n3cnc4c(OCCc5ccc([N+](=O)[O-])cc5)nc(NC(=O)OCCc5ccc([N+](=O)[O-])cc5)nc43)O[C@@H]2COS(=O)(=O)c2cccc3c(N(C)C)cccc23)(c2ccccc2)c2ccc(OC)cc2)cc1. The summed E-state index contributed by atoms with van der Waals surface area (Å²) in [4.78, 5) is 50.8. The first kappa shape index (κ1) is 56.7. The van der Waals surface area contributed by atoms with Crippen LogP contribution in [0.15, 0.2) is 175 Å². The highest BCUT2D eigenvalue weighted by molar-refractivity contribution is 7.87. The second-order valence-electron chi connectivity index (χ2n) is 19.4. The van der Waals surface area contributed by atoms with Crippen LogP contribution in [0.3, 0.4) is 0 Å². The molecule has 1 amide bonds. The van der Waals surface area contributed by atoms with Gasteiger partial charge in [-0.3, -0.25) is 34.3 Å². The van der Waals surface area contributed by atoms with Gasteiger partial charge in [-0.1, -0.05) is 103 Å². The molecule has 9 aromatic rings. The number of anilines is 2. The molecular formula is C60H56N8O14S. The van der Waals surface area contributed by atoms with E-state index in [1.54, 1.807) is 61.3 Å². The van der Waals surface area contributed by atoms with Crippen LogP contribution >= 0.6 is 0 Å². The molecule has 0 saturated carbocycles. The van der Waals surface area contributed by atoms with Crippen LogP contribution in [0.5, 0.6) is 17.4 Å². The fourth-order valence-electron chi connectivity index (χ4n) is 9.97. The average molecular weight is 1150 g/mol. The van der Waals surface area contributed by atoms with Gasteiger partial charge in [-0.15, -0.1) is 0 Å². The van der Waals surface area contributed by atoms with Crippen molar-refractivity contribution < 1.29 is 55.7 Å². The molecule has 0 spiro atoms. The number of nitrogens with zero attached hydrogens (tertiary/aromatic N) is 7. The molecule has 426 valence electrons. The van der Waals surface area contributed by atoms with E-state index in [-0.39, 0.29) is 65.3 Å². The lowest BCUT2D eigenvalue weighted by Crippen LogP contribution is -2.41. The molecule has 10 rings (SSSR count). The van der Waals surface area contributed by atoms with Crippen LogP contribution in [0.4, 0.5) is 27.8 Å². The monoisotopic (exact) mass is 1140 g/mol. The van der Waals surface area contributed by atoms with E-state index in [2.05, 4.69) is 10.3 Å². The first-order valence-electron chi connectivity index (χ1n) is 26.2. The van der Waals surface area contributed by atoms with Crippen molar-refractivity contribution in [2.45, 2.75) is 48.2 Å². The third-order valence-corrected chi connectivity index (χ3v) is 15.5. The largest absolute Gasteiger partial charge is 0.497 e. The molecule has 2 aromatic heterocycles. The van der Waals surface area contributed by atoms with Crippen molar-refractivity contribution in [3.63, 3.8) is 0 Å². The molecule has 1 N–H and O–H groups in total. The van der Waals surface area contributed by atoms with Crippen molar-refractivity contribution in [1.82, 2.24) is 19.5 Å². The van der Waals surface area contributed by atoms with Crippen LogP contribution in [-0.2, 0) is 47.0 Å². The highest BCUT2D eigenvalue weighted by Crippen LogP contribution is 2.46. The van der Waals surface area contributed by atoms with Crippen molar-refractivity contribution in [3.05, 3.63) is 218 Å². The Hall–Kier alpha value is -9.55. The van der Waals surface area contributed by atoms with Gasteiger partial charge in [-0.05, 0) is 64.2 Å². The van der Waals surface area contributed by atoms with E-state index >= 15 is 0 Å². The highest BCUT2D eigenvalue weighted by Gasteiger charge is 2.47. The van der Waals surface area contributed by atoms with Crippen molar-refractivity contribution in [3.8, 4) is 17.4 Å². The summed E-state index contributed by atoms with van der Waals surface area (Å²) in [6, 6.07) is 46.8. The summed E-state index contributed by atoms with van der Waals surface area (Å²) in [6.07, 6.45) is -1.93. The molecule has 1 aliphatic heterocycles. The molecule has 1 aliphatic rings. The van der Waals surface area contributed by atoms with E-state index in [9.17, 15) is 33.4 Å². The summed E-state index contributed by atoms with van der Waals surface area (Å²) in [5.41, 5.74) is 3.11. The number of nitro groups is 2. The third kappa shape index (κ3) is 12.4. The third-order valence-electron chi connectivity index (χ3n) is 14.1. The number of carbonyl (C=O) groups is 1. The van der Waals surface area contributed by atoms with E-state index in [4.69, 9.17) is 42.6 Å². The molecule has 22 nitrogen and oxygen atoms in total. The molecule has 23 heteroatoms. The molecule has 3 heterocycles. The van der Waals surface area contributed by atoms with Crippen molar-refractivity contribution >= 4 is 61.2 Å². The molecule has 83 heavy (non-hydrogen) atoms. The normalized spacial score (nSPS) is 15.2. The maximum Gasteiger partial charge on any atom is 0.414 e. The van der Waals surface area contributed by atoms with Crippen molar-refractivity contribution in [2.24, 2.45) is 0 Å². The zero-order valence-electron chi connectivity index (χ0n) is 45.4. The number of hydrogen-bond donors (Lipinski definition) is 1. The minimum Gasteiger partial charge on any atom is -0.497 e. The summed E-state index contributed by atoms with van der Waals surface area (Å²) >= 11 is 0. The number of rotatable bonds is 23. The minimum absolute atomic E-state index is 0.0189. The summed E-state index contributed by atoms with van der Waals surface area (Å²) in [5, 5.41) is 26.3. The van der Waals surface area contributed by atoms with Crippen LogP contribution in [0.1, 0.15) is 40.5 Å². The number of methoxy groups -OCH3 is 2. The Morgan fingerprint density at radius 2 is 1.30 bits per heavy atom. The number of ether oxygens (including phenoxy) is 6. The van der Waals surface area contributed by atoms with Gasteiger partial charge in [0.15, 0.2) is 11.2 Å². The lowest BCUT2D eigenvalue weighted by Gasteiger charge is -2.39.